The Morgan fingerprint density at radius 2 is 1.59 bits per heavy atom. The van der Waals surface area contributed by atoms with Crippen LogP contribution in [-0.2, 0) is 14.8 Å². The third kappa shape index (κ3) is 6.28. The molecule has 0 aliphatic heterocycles. The third-order valence-corrected chi connectivity index (χ3v) is 6.92. The average molecular weight is 520 g/mol. The average Bonchev–Trinajstić information content (AvgIpc) is 2.79. The minimum atomic E-state index is -3.87. The van der Waals surface area contributed by atoms with Gasteiger partial charge in [-0.3, -0.25) is 13.9 Å². The SMILES string of the molecule is C[C@H](NC(=O)c1ccccc1NC(=O)CN(c1cccc(Cl)c1Cl)S(C)(=O)=O)c1ccccc1. The molecule has 3 aromatic rings. The van der Waals surface area contributed by atoms with E-state index in [2.05, 4.69) is 10.6 Å². The molecule has 0 unspecified atom stereocenters. The highest BCUT2D eigenvalue weighted by molar-refractivity contribution is 7.92. The van der Waals surface area contributed by atoms with Crippen molar-refractivity contribution in [2.45, 2.75) is 13.0 Å². The number of sulfonamides is 1. The number of anilines is 2. The van der Waals surface area contributed by atoms with Crippen LogP contribution in [0, 0.1) is 0 Å². The van der Waals surface area contributed by atoms with E-state index in [4.69, 9.17) is 23.2 Å². The van der Waals surface area contributed by atoms with Crippen LogP contribution in [0.3, 0.4) is 0 Å². The molecule has 178 valence electrons. The van der Waals surface area contributed by atoms with Crippen LogP contribution in [0.4, 0.5) is 11.4 Å². The molecule has 3 rings (SSSR count). The Balaban J connectivity index is 1.79. The summed E-state index contributed by atoms with van der Waals surface area (Å²) in [4.78, 5) is 25.7. The van der Waals surface area contributed by atoms with E-state index in [1.807, 2.05) is 37.3 Å². The summed E-state index contributed by atoms with van der Waals surface area (Å²) in [5.41, 5.74) is 1.50. The second kappa shape index (κ2) is 10.9. The quantitative estimate of drug-likeness (QED) is 0.442. The number of halogens is 2. The molecule has 0 fully saturated rings. The first-order valence-electron chi connectivity index (χ1n) is 10.2. The van der Waals surface area contributed by atoms with Crippen LogP contribution < -0.4 is 14.9 Å². The minimum absolute atomic E-state index is 0.0112. The highest BCUT2D eigenvalue weighted by Gasteiger charge is 2.25. The molecule has 0 bridgehead atoms. The van der Waals surface area contributed by atoms with E-state index in [0.717, 1.165) is 16.1 Å². The van der Waals surface area contributed by atoms with E-state index in [1.54, 1.807) is 24.3 Å². The highest BCUT2D eigenvalue weighted by atomic mass is 35.5. The molecule has 2 N–H and O–H groups in total. The van der Waals surface area contributed by atoms with Crippen LogP contribution in [-0.4, -0.2) is 33.0 Å². The molecule has 0 aromatic heterocycles. The number of para-hydroxylation sites is 1. The Morgan fingerprint density at radius 1 is 0.941 bits per heavy atom. The van der Waals surface area contributed by atoms with Crippen molar-refractivity contribution in [1.29, 1.82) is 0 Å². The molecule has 7 nitrogen and oxygen atoms in total. The number of nitrogens with one attached hydrogen (secondary N) is 2. The van der Waals surface area contributed by atoms with Crippen molar-refractivity contribution in [1.82, 2.24) is 5.32 Å². The summed E-state index contributed by atoms with van der Waals surface area (Å²) in [6.07, 6.45) is 0.962. The molecule has 0 radical (unpaired) electrons. The lowest BCUT2D eigenvalue weighted by molar-refractivity contribution is -0.114. The fraction of sp³-hybridized carbons (Fsp3) is 0.167. The Kier molecular flexibility index (Phi) is 8.19. The van der Waals surface area contributed by atoms with E-state index in [9.17, 15) is 18.0 Å². The van der Waals surface area contributed by atoms with Gasteiger partial charge < -0.3 is 10.6 Å². The topological polar surface area (TPSA) is 95.6 Å². The maximum absolute atomic E-state index is 12.9. The molecule has 0 saturated heterocycles. The first kappa shape index (κ1) is 25.6. The normalized spacial score (nSPS) is 12.0. The summed E-state index contributed by atoms with van der Waals surface area (Å²) in [7, 11) is -3.87. The van der Waals surface area contributed by atoms with Crippen molar-refractivity contribution < 1.29 is 18.0 Å². The zero-order valence-corrected chi connectivity index (χ0v) is 20.8. The molecular weight excluding hydrogens is 497 g/mol. The second-order valence-corrected chi connectivity index (χ2v) is 10.2. The number of rotatable bonds is 8. The fourth-order valence-corrected chi connectivity index (χ4v) is 4.58. The number of carbonyl (C=O) groups is 2. The molecule has 3 aromatic carbocycles. The number of hydrogen-bond acceptors (Lipinski definition) is 4. The molecule has 1 atom stereocenters. The molecule has 10 heteroatoms. The third-order valence-electron chi connectivity index (χ3n) is 4.98. The Hall–Kier alpha value is -3.07. The van der Waals surface area contributed by atoms with E-state index in [1.165, 1.54) is 18.2 Å². The monoisotopic (exact) mass is 519 g/mol. The maximum Gasteiger partial charge on any atom is 0.253 e. The van der Waals surface area contributed by atoms with Gasteiger partial charge >= 0.3 is 0 Å². The second-order valence-electron chi connectivity index (χ2n) is 7.54. The maximum atomic E-state index is 12.9. The van der Waals surface area contributed by atoms with Gasteiger partial charge in [0.05, 0.1) is 39.3 Å². The van der Waals surface area contributed by atoms with Gasteiger partial charge in [-0.1, -0.05) is 71.7 Å². The summed E-state index contributed by atoms with van der Waals surface area (Å²) in [5.74, 6) is -1.04. The van der Waals surface area contributed by atoms with Crippen LogP contribution in [0.25, 0.3) is 0 Å². The molecule has 34 heavy (non-hydrogen) atoms. The highest BCUT2D eigenvalue weighted by Crippen LogP contribution is 2.33. The number of benzene rings is 3. The van der Waals surface area contributed by atoms with Gasteiger partial charge in [-0.05, 0) is 36.8 Å². The fourth-order valence-electron chi connectivity index (χ4n) is 3.28. The van der Waals surface area contributed by atoms with Crippen LogP contribution in [0.1, 0.15) is 28.9 Å². The molecule has 0 saturated carbocycles. The first-order chi connectivity index (χ1) is 16.1. The number of nitrogens with zero attached hydrogens (tertiary/aromatic N) is 1. The van der Waals surface area contributed by atoms with Crippen molar-refractivity contribution in [2.24, 2.45) is 0 Å². The number of amides is 2. The zero-order valence-electron chi connectivity index (χ0n) is 18.5. The van der Waals surface area contributed by atoms with E-state index in [0.29, 0.717) is 0 Å². The summed E-state index contributed by atoms with van der Waals surface area (Å²) >= 11 is 12.2. The van der Waals surface area contributed by atoms with Crippen molar-refractivity contribution >= 4 is 56.4 Å². The van der Waals surface area contributed by atoms with Gasteiger partial charge in [-0.15, -0.1) is 0 Å². The van der Waals surface area contributed by atoms with Gasteiger partial charge in [0, 0.05) is 0 Å². The predicted molar refractivity (Wildman–Crippen MR) is 136 cm³/mol. The molecule has 0 heterocycles. The summed E-state index contributed by atoms with van der Waals surface area (Å²) in [5, 5.41) is 5.70. The van der Waals surface area contributed by atoms with Gasteiger partial charge in [0.1, 0.15) is 6.54 Å². The summed E-state index contributed by atoms with van der Waals surface area (Å²) < 4.78 is 25.6. The lowest BCUT2D eigenvalue weighted by atomic mass is 10.1. The largest absolute Gasteiger partial charge is 0.345 e. The molecule has 0 spiro atoms. The zero-order chi connectivity index (χ0) is 24.9. The van der Waals surface area contributed by atoms with E-state index in [-0.39, 0.29) is 38.9 Å². The summed E-state index contributed by atoms with van der Waals surface area (Å²) in [6, 6.07) is 20.2. The van der Waals surface area contributed by atoms with Gasteiger partial charge in [0.15, 0.2) is 0 Å². The lowest BCUT2D eigenvalue weighted by Gasteiger charge is -2.23. The van der Waals surface area contributed by atoms with Crippen LogP contribution >= 0.6 is 23.2 Å². The van der Waals surface area contributed by atoms with Crippen LogP contribution in [0.5, 0.6) is 0 Å². The molecule has 0 aliphatic carbocycles. The van der Waals surface area contributed by atoms with Gasteiger partial charge in [0.25, 0.3) is 5.91 Å². The van der Waals surface area contributed by atoms with Gasteiger partial charge in [-0.2, -0.15) is 0 Å². The number of hydrogen-bond donors (Lipinski definition) is 2. The molecular formula is C24H23Cl2N3O4S. The first-order valence-corrected chi connectivity index (χ1v) is 12.8. The van der Waals surface area contributed by atoms with Crippen molar-refractivity contribution in [3.05, 3.63) is 94.0 Å². The Morgan fingerprint density at radius 3 is 2.26 bits per heavy atom. The molecule has 2 amide bonds. The van der Waals surface area contributed by atoms with Gasteiger partial charge in [0.2, 0.25) is 15.9 Å². The smallest absolute Gasteiger partial charge is 0.253 e. The Labute approximate surface area is 208 Å². The lowest BCUT2D eigenvalue weighted by Crippen LogP contribution is -2.38. The summed E-state index contributed by atoms with van der Waals surface area (Å²) in [6.45, 7) is 1.29. The van der Waals surface area contributed by atoms with Crippen LogP contribution in [0.15, 0.2) is 72.8 Å². The van der Waals surface area contributed by atoms with E-state index >= 15 is 0 Å². The van der Waals surface area contributed by atoms with Crippen molar-refractivity contribution in [3.63, 3.8) is 0 Å². The van der Waals surface area contributed by atoms with Crippen LogP contribution in [0.2, 0.25) is 10.0 Å². The minimum Gasteiger partial charge on any atom is -0.345 e. The van der Waals surface area contributed by atoms with Crippen molar-refractivity contribution in [2.75, 3.05) is 22.4 Å². The number of carbonyl (C=O) groups excluding carboxylic acids is 2. The Bertz CT molecular complexity index is 1300. The molecule has 0 aliphatic rings. The standard InChI is InChI=1S/C24H23Cl2N3O4S/c1-16(17-9-4-3-5-10-17)27-24(31)18-11-6-7-13-20(18)28-22(30)15-29(34(2,32)33)21-14-8-12-19(25)23(21)26/h3-14,16H,15H2,1-2H3,(H,27,31)(H,28,30)/t16-/m0/s1. The van der Waals surface area contributed by atoms with Crippen molar-refractivity contribution in [3.8, 4) is 0 Å². The predicted octanol–water partition coefficient (Wildman–Crippen LogP) is 4.89. The van der Waals surface area contributed by atoms with E-state index < -0.39 is 22.5 Å². The van der Waals surface area contributed by atoms with Gasteiger partial charge in [-0.25, -0.2) is 8.42 Å².